The number of urea groups is 1. The Labute approximate surface area is 146 Å². The van der Waals surface area contributed by atoms with Crippen molar-refractivity contribution in [3.8, 4) is 5.75 Å². The van der Waals surface area contributed by atoms with Gasteiger partial charge in [-0.15, -0.1) is 0 Å². The van der Waals surface area contributed by atoms with Gasteiger partial charge in [0, 0.05) is 31.7 Å². The molecule has 0 aliphatic carbocycles. The Kier molecular flexibility index (Phi) is 6.09. The van der Waals surface area contributed by atoms with Gasteiger partial charge in [-0.05, 0) is 6.07 Å². The van der Waals surface area contributed by atoms with Crippen LogP contribution >= 0.6 is 0 Å². The van der Waals surface area contributed by atoms with Gasteiger partial charge in [0.05, 0.1) is 32.0 Å². The molecule has 0 radical (unpaired) electrons. The quantitative estimate of drug-likeness (QED) is 0.578. The van der Waals surface area contributed by atoms with Gasteiger partial charge in [0.15, 0.2) is 0 Å². The molecular formula is C17H25N3O5. The number of rotatable bonds is 5. The molecule has 3 rings (SSSR count). The van der Waals surface area contributed by atoms with Gasteiger partial charge in [-0.25, -0.2) is 4.79 Å². The van der Waals surface area contributed by atoms with Crippen LogP contribution in [0.1, 0.15) is 5.56 Å². The Bertz CT molecular complexity index is 579. The van der Waals surface area contributed by atoms with Gasteiger partial charge in [0.1, 0.15) is 11.9 Å². The van der Waals surface area contributed by atoms with Crippen LogP contribution in [0.15, 0.2) is 24.3 Å². The number of morpholine rings is 1. The van der Waals surface area contributed by atoms with Gasteiger partial charge >= 0.3 is 6.03 Å². The third kappa shape index (κ3) is 4.60. The van der Waals surface area contributed by atoms with E-state index in [0.717, 1.165) is 5.56 Å². The lowest BCUT2D eigenvalue weighted by molar-refractivity contribution is 0.0360. The van der Waals surface area contributed by atoms with Crippen LogP contribution in [0.2, 0.25) is 0 Å². The first-order valence-electron chi connectivity index (χ1n) is 8.55. The van der Waals surface area contributed by atoms with E-state index in [1.807, 2.05) is 12.1 Å². The van der Waals surface area contributed by atoms with Crippen LogP contribution in [0.5, 0.6) is 5.75 Å². The van der Waals surface area contributed by atoms with Crippen molar-refractivity contribution in [1.82, 2.24) is 15.5 Å². The Morgan fingerprint density at radius 3 is 2.80 bits per heavy atom. The van der Waals surface area contributed by atoms with Crippen molar-refractivity contribution in [3.05, 3.63) is 29.8 Å². The second-order valence-electron chi connectivity index (χ2n) is 6.26. The fraction of sp³-hybridized carbons (Fsp3) is 0.588. The van der Waals surface area contributed by atoms with E-state index < -0.39 is 12.2 Å². The third-order valence-corrected chi connectivity index (χ3v) is 4.58. The van der Waals surface area contributed by atoms with Crippen molar-refractivity contribution in [2.45, 2.75) is 24.8 Å². The van der Waals surface area contributed by atoms with E-state index in [1.54, 1.807) is 17.0 Å². The van der Waals surface area contributed by atoms with E-state index in [9.17, 15) is 15.0 Å². The maximum atomic E-state index is 12.1. The standard InChI is InChI=1S/C17H25N3O5/c21-14-4-2-1-3-12(14)9-18-13-11-25-15(16(13)22)10-19-17(23)20-5-7-24-8-6-20/h1-4,13,15-16,18,21-22H,5-11H2,(H,19,23). The number of amides is 2. The summed E-state index contributed by atoms with van der Waals surface area (Å²) in [6.07, 6.45) is -1.18. The summed E-state index contributed by atoms with van der Waals surface area (Å²) in [6, 6.07) is 6.66. The lowest BCUT2D eigenvalue weighted by Crippen LogP contribution is -2.50. The Morgan fingerprint density at radius 2 is 2.04 bits per heavy atom. The highest BCUT2D eigenvalue weighted by Gasteiger charge is 2.36. The molecule has 1 aromatic rings. The van der Waals surface area contributed by atoms with E-state index in [1.165, 1.54) is 0 Å². The summed E-state index contributed by atoms with van der Waals surface area (Å²) in [5.74, 6) is 0.220. The summed E-state index contributed by atoms with van der Waals surface area (Å²) >= 11 is 0. The molecule has 138 valence electrons. The highest BCUT2D eigenvalue weighted by atomic mass is 16.5. The second-order valence-corrected chi connectivity index (χ2v) is 6.26. The van der Waals surface area contributed by atoms with E-state index in [0.29, 0.717) is 39.5 Å². The number of aliphatic hydroxyl groups is 1. The minimum atomic E-state index is -0.726. The van der Waals surface area contributed by atoms with Crippen molar-refractivity contribution in [1.29, 1.82) is 0 Å². The zero-order chi connectivity index (χ0) is 17.6. The molecular weight excluding hydrogens is 326 g/mol. The lowest BCUT2D eigenvalue weighted by atomic mass is 10.1. The topological polar surface area (TPSA) is 103 Å². The molecule has 2 aliphatic heterocycles. The molecule has 8 nitrogen and oxygen atoms in total. The Hall–Kier alpha value is -1.87. The average Bonchev–Trinajstić information content (AvgIpc) is 2.99. The van der Waals surface area contributed by atoms with Gasteiger partial charge in [-0.2, -0.15) is 0 Å². The number of carbonyl (C=O) groups is 1. The smallest absolute Gasteiger partial charge is 0.317 e. The highest BCUT2D eigenvalue weighted by Crippen LogP contribution is 2.18. The third-order valence-electron chi connectivity index (χ3n) is 4.58. The monoisotopic (exact) mass is 351 g/mol. The van der Waals surface area contributed by atoms with Gasteiger partial charge < -0.3 is 35.2 Å². The first kappa shape index (κ1) is 17.9. The maximum absolute atomic E-state index is 12.1. The summed E-state index contributed by atoms with van der Waals surface area (Å²) in [5.41, 5.74) is 0.763. The molecule has 25 heavy (non-hydrogen) atoms. The molecule has 0 aromatic heterocycles. The number of aromatic hydroxyl groups is 1. The predicted molar refractivity (Wildman–Crippen MR) is 90.3 cm³/mol. The second kappa shape index (κ2) is 8.48. The minimum absolute atomic E-state index is 0.162. The Morgan fingerprint density at radius 1 is 1.28 bits per heavy atom. The van der Waals surface area contributed by atoms with Crippen LogP contribution in [0, 0.1) is 0 Å². The molecule has 2 aliphatic rings. The molecule has 0 saturated carbocycles. The highest BCUT2D eigenvalue weighted by molar-refractivity contribution is 5.74. The van der Waals surface area contributed by atoms with E-state index in [-0.39, 0.29) is 24.4 Å². The molecule has 4 N–H and O–H groups in total. The number of para-hydroxylation sites is 1. The van der Waals surface area contributed by atoms with Gasteiger partial charge in [0.25, 0.3) is 0 Å². The van der Waals surface area contributed by atoms with E-state index >= 15 is 0 Å². The van der Waals surface area contributed by atoms with Crippen LogP contribution in [0.4, 0.5) is 4.79 Å². The van der Waals surface area contributed by atoms with Crippen LogP contribution in [-0.2, 0) is 16.0 Å². The molecule has 3 unspecified atom stereocenters. The van der Waals surface area contributed by atoms with Crippen molar-refractivity contribution in [2.24, 2.45) is 0 Å². The molecule has 2 fully saturated rings. The first-order valence-corrected chi connectivity index (χ1v) is 8.55. The van der Waals surface area contributed by atoms with Gasteiger partial charge in [-0.3, -0.25) is 0 Å². The Balaban J connectivity index is 1.42. The minimum Gasteiger partial charge on any atom is -0.508 e. The summed E-state index contributed by atoms with van der Waals surface area (Å²) in [7, 11) is 0. The number of carbonyl (C=O) groups excluding carboxylic acids is 1. The average molecular weight is 351 g/mol. The summed E-state index contributed by atoms with van der Waals surface area (Å²) in [5, 5.41) is 26.2. The number of nitrogens with zero attached hydrogens (tertiary/aromatic N) is 1. The number of ether oxygens (including phenoxy) is 2. The molecule has 1 aromatic carbocycles. The van der Waals surface area contributed by atoms with Crippen LogP contribution < -0.4 is 10.6 Å². The number of phenols is 1. The van der Waals surface area contributed by atoms with Gasteiger partial charge in [0.2, 0.25) is 0 Å². The van der Waals surface area contributed by atoms with Crippen LogP contribution in [-0.4, -0.2) is 78.8 Å². The van der Waals surface area contributed by atoms with Crippen LogP contribution in [0.25, 0.3) is 0 Å². The summed E-state index contributed by atoms with van der Waals surface area (Å²) < 4.78 is 10.8. The fourth-order valence-electron chi connectivity index (χ4n) is 3.01. The van der Waals surface area contributed by atoms with Crippen molar-refractivity contribution >= 4 is 6.03 Å². The molecule has 8 heteroatoms. The van der Waals surface area contributed by atoms with Crippen molar-refractivity contribution in [3.63, 3.8) is 0 Å². The number of hydrogen-bond donors (Lipinski definition) is 4. The largest absolute Gasteiger partial charge is 0.508 e. The molecule has 0 bridgehead atoms. The van der Waals surface area contributed by atoms with E-state index in [2.05, 4.69) is 10.6 Å². The number of aliphatic hydroxyl groups excluding tert-OH is 1. The molecule has 2 amide bonds. The maximum Gasteiger partial charge on any atom is 0.317 e. The van der Waals surface area contributed by atoms with E-state index in [4.69, 9.17) is 9.47 Å². The lowest BCUT2D eigenvalue weighted by Gasteiger charge is -2.27. The number of phenolic OH excluding ortho intramolecular Hbond substituents is 1. The van der Waals surface area contributed by atoms with Crippen LogP contribution in [0.3, 0.4) is 0 Å². The predicted octanol–water partition coefficient (Wildman–Crippen LogP) is -0.348. The van der Waals surface area contributed by atoms with Crippen molar-refractivity contribution in [2.75, 3.05) is 39.5 Å². The zero-order valence-corrected chi connectivity index (χ0v) is 14.1. The summed E-state index contributed by atoms with van der Waals surface area (Å²) in [4.78, 5) is 13.8. The molecule has 0 spiro atoms. The SMILES string of the molecule is O=C(NCC1OCC(NCc2ccccc2O)C1O)N1CCOCC1. The van der Waals surface area contributed by atoms with Gasteiger partial charge in [-0.1, -0.05) is 18.2 Å². The molecule has 2 saturated heterocycles. The first-order chi connectivity index (χ1) is 12.1. The number of hydrogen-bond acceptors (Lipinski definition) is 6. The zero-order valence-electron chi connectivity index (χ0n) is 14.1. The number of nitrogens with one attached hydrogen (secondary N) is 2. The summed E-state index contributed by atoms with van der Waals surface area (Å²) in [6.45, 7) is 3.29. The molecule has 2 heterocycles. The molecule has 3 atom stereocenters. The van der Waals surface area contributed by atoms with Crippen molar-refractivity contribution < 1.29 is 24.5 Å². The number of benzene rings is 1. The fourth-order valence-corrected chi connectivity index (χ4v) is 3.01. The normalized spacial score (nSPS) is 26.6.